The first-order valence-corrected chi connectivity index (χ1v) is 8.48. The summed E-state index contributed by atoms with van der Waals surface area (Å²) in [5, 5.41) is 8.08. The van der Waals surface area contributed by atoms with Gasteiger partial charge in [-0.05, 0) is 31.0 Å². The predicted molar refractivity (Wildman–Crippen MR) is 78.7 cm³/mol. The number of carbonyl (C=O) groups is 1. The van der Waals surface area contributed by atoms with Crippen LogP contribution in [-0.4, -0.2) is 27.5 Å². The molecule has 21 heavy (non-hydrogen) atoms. The number of ether oxygens (including phenoxy) is 1. The minimum atomic E-state index is -3.94. The number of amides is 1. The van der Waals surface area contributed by atoms with Crippen LogP contribution in [0.2, 0.25) is 0 Å². The molecule has 0 spiro atoms. The maximum Gasteiger partial charge on any atom is 0.251 e. The fraction of sp³-hybridized carbons (Fsp3) is 0.500. The van der Waals surface area contributed by atoms with Gasteiger partial charge in [-0.25, -0.2) is 13.6 Å². The number of methoxy groups -OCH3 is 1. The normalized spacial score (nSPS) is 16.5. The zero-order valence-electron chi connectivity index (χ0n) is 12.0. The number of primary sulfonamides is 1. The van der Waals surface area contributed by atoms with Crippen LogP contribution in [0.5, 0.6) is 5.75 Å². The van der Waals surface area contributed by atoms with Gasteiger partial charge in [0.1, 0.15) is 10.6 Å². The molecule has 0 aromatic heterocycles. The lowest BCUT2D eigenvalue weighted by molar-refractivity contribution is 0.0927. The van der Waals surface area contributed by atoms with Crippen molar-refractivity contribution in [2.45, 2.75) is 43.0 Å². The van der Waals surface area contributed by atoms with Crippen molar-refractivity contribution in [1.82, 2.24) is 5.32 Å². The molecule has 3 N–H and O–H groups in total. The standard InChI is InChI=1S/C14H20N2O4S/c1-20-12-8-7-10(9-13(12)21(15,18)19)14(17)16-11-5-3-2-4-6-11/h7-9,11H,2-6H2,1H3,(H,16,17)(H2,15,18,19). The molecule has 0 radical (unpaired) electrons. The number of nitrogens with one attached hydrogen (secondary N) is 1. The van der Waals surface area contributed by atoms with Crippen LogP contribution in [-0.2, 0) is 10.0 Å². The first-order chi connectivity index (χ1) is 9.91. The summed E-state index contributed by atoms with van der Waals surface area (Å²) in [4.78, 5) is 12.0. The Hall–Kier alpha value is -1.60. The van der Waals surface area contributed by atoms with Gasteiger partial charge in [0.25, 0.3) is 5.91 Å². The minimum absolute atomic E-state index is 0.131. The van der Waals surface area contributed by atoms with E-state index in [1.165, 1.54) is 31.7 Å². The zero-order valence-corrected chi connectivity index (χ0v) is 12.8. The van der Waals surface area contributed by atoms with Gasteiger partial charge >= 0.3 is 0 Å². The smallest absolute Gasteiger partial charge is 0.251 e. The quantitative estimate of drug-likeness (QED) is 0.878. The molecular formula is C14H20N2O4S. The van der Waals surface area contributed by atoms with E-state index in [1.54, 1.807) is 0 Å². The molecule has 7 heteroatoms. The molecule has 1 aliphatic rings. The molecule has 0 unspecified atom stereocenters. The lowest BCUT2D eigenvalue weighted by Crippen LogP contribution is -2.36. The Bertz CT molecular complexity index is 622. The molecule has 2 rings (SSSR count). The number of hydrogen-bond donors (Lipinski definition) is 2. The van der Waals surface area contributed by atoms with Crippen molar-refractivity contribution in [2.24, 2.45) is 5.14 Å². The molecule has 1 aliphatic carbocycles. The Morgan fingerprint density at radius 1 is 1.29 bits per heavy atom. The lowest BCUT2D eigenvalue weighted by Gasteiger charge is -2.22. The Labute approximate surface area is 124 Å². The van der Waals surface area contributed by atoms with Gasteiger partial charge in [-0.1, -0.05) is 19.3 Å². The molecule has 6 nitrogen and oxygen atoms in total. The number of sulfonamides is 1. The largest absolute Gasteiger partial charge is 0.495 e. The van der Waals surface area contributed by atoms with E-state index >= 15 is 0 Å². The van der Waals surface area contributed by atoms with E-state index < -0.39 is 10.0 Å². The van der Waals surface area contributed by atoms with Crippen LogP contribution < -0.4 is 15.2 Å². The zero-order chi connectivity index (χ0) is 15.5. The highest BCUT2D eigenvalue weighted by atomic mass is 32.2. The summed E-state index contributed by atoms with van der Waals surface area (Å²) in [6, 6.07) is 4.39. The topological polar surface area (TPSA) is 98.5 Å². The second kappa shape index (κ2) is 6.44. The van der Waals surface area contributed by atoms with Crippen molar-refractivity contribution >= 4 is 15.9 Å². The van der Waals surface area contributed by atoms with Gasteiger partial charge in [0, 0.05) is 11.6 Å². The van der Waals surface area contributed by atoms with Crippen LogP contribution in [0.3, 0.4) is 0 Å². The third kappa shape index (κ3) is 3.95. The molecule has 0 saturated heterocycles. The third-order valence-corrected chi connectivity index (χ3v) is 4.60. The third-order valence-electron chi connectivity index (χ3n) is 3.67. The molecule has 0 heterocycles. The summed E-state index contributed by atoms with van der Waals surface area (Å²) in [5.74, 6) is -0.152. The van der Waals surface area contributed by atoms with E-state index in [0.29, 0.717) is 0 Å². The van der Waals surface area contributed by atoms with E-state index in [9.17, 15) is 13.2 Å². The van der Waals surface area contributed by atoms with E-state index in [1.807, 2.05) is 0 Å². The molecule has 116 valence electrons. The highest BCUT2D eigenvalue weighted by Crippen LogP contribution is 2.24. The summed E-state index contributed by atoms with van der Waals surface area (Å²) in [5.41, 5.74) is 0.269. The van der Waals surface area contributed by atoms with E-state index in [-0.39, 0.29) is 28.2 Å². The van der Waals surface area contributed by atoms with Crippen LogP contribution in [0.25, 0.3) is 0 Å². The number of carbonyl (C=O) groups excluding carboxylic acids is 1. The molecule has 0 aliphatic heterocycles. The SMILES string of the molecule is COc1ccc(C(=O)NC2CCCCC2)cc1S(N)(=O)=O. The second-order valence-electron chi connectivity index (χ2n) is 5.22. The summed E-state index contributed by atoms with van der Waals surface area (Å²) < 4.78 is 28.1. The summed E-state index contributed by atoms with van der Waals surface area (Å²) in [7, 11) is -2.59. The van der Waals surface area contributed by atoms with Crippen molar-refractivity contribution in [3.05, 3.63) is 23.8 Å². The van der Waals surface area contributed by atoms with Crippen molar-refractivity contribution in [2.75, 3.05) is 7.11 Å². The second-order valence-corrected chi connectivity index (χ2v) is 6.75. The van der Waals surface area contributed by atoms with E-state index in [4.69, 9.17) is 9.88 Å². The molecule has 0 bridgehead atoms. The van der Waals surface area contributed by atoms with Gasteiger partial charge < -0.3 is 10.1 Å². The Morgan fingerprint density at radius 3 is 2.52 bits per heavy atom. The Balaban J connectivity index is 2.21. The maximum atomic E-state index is 12.2. The van der Waals surface area contributed by atoms with E-state index in [2.05, 4.69) is 5.32 Å². The molecule has 1 amide bonds. The van der Waals surface area contributed by atoms with Crippen LogP contribution >= 0.6 is 0 Å². The average Bonchev–Trinajstić information content (AvgIpc) is 2.46. The van der Waals surface area contributed by atoms with Crippen molar-refractivity contribution in [3.8, 4) is 5.75 Å². The Morgan fingerprint density at radius 2 is 1.95 bits per heavy atom. The maximum absolute atomic E-state index is 12.2. The summed E-state index contributed by atoms with van der Waals surface area (Å²) in [6.07, 6.45) is 5.34. The van der Waals surface area contributed by atoms with E-state index in [0.717, 1.165) is 25.7 Å². The summed E-state index contributed by atoms with van der Waals surface area (Å²) >= 11 is 0. The van der Waals surface area contributed by atoms with Gasteiger partial charge in [-0.3, -0.25) is 4.79 Å². The van der Waals surface area contributed by atoms with Crippen molar-refractivity contribution in [1.29, 1.82) is 0 Å². The molecule has 1 aromatic rings. The molecule has 1 aromatic carbocycles. The van der Waals surface area contributed by atoms with Crippen LogP contribution in [0.4, 0.5) is 0 Å². The number of benzene rings is 1. The van der Waals surface area contributed by atoms with Gasteiger partial charge in [-0.15, -0.1) is 0 Å². The lowest BCUT2D eigenvalue weighted by atomic mass is 9.95. The summed E-state index contributed by atoms with van der Waals surface area (Å²) in [6.45, 7) is 0. The highest BCUT2D eigenvalue weighted by molar-refractivity contribution is 7.89. The van der Waals surface area contributed by atoms with Gasteiger partial charge in [0.15, 0.2) is 0 Å². The van der Waals surface area contributed by atoms with Crippen molar-refractivity contribution in [3.63, 3.8) is 0 Å². The minimum Gasteiger partial charge on any atom is -0.495 e. The van der Waals surface area contributed by atoms with Gasteiger partial charge in [0.2, 0.25) is 10.0 Å². The number of rotatable bonds is 4. The average molecular weight is 312 g/mol. The number of nitrogens with two attached hydrogens (primary N) is 1. The monoisotopic (exact) mass is 312 g/mol. The molecule has 0 atom stereocenters. The predicted octanol–water partition coefficient (Wildman–Crippen LogP) is 1.41. The molecule has 1 saturated carbocycles. The highest BCUT2D eigenvalue weighted by Gasteiger charge is 2.20. The molecular weight excluding hydrogens is 292 g/mol. The van der Waals surface area contributed by atoms with Gasteiger partial charge in [0.05, 0.1) is 7.11 Å². The number of hydrogen-bond acceptors (Lipinski definition) is 4. The van der Waals surface area contributed by atoms with Gasteiger partial charge in [-0.2, -0.15) is 0 Å². The fourth-order valence-corrected chi connectivity index (χ4v) is 3.28. The first kappa shape index (κ1) is 15.8. The fourth-order valence-electron chi connectivity index (χ4n) is 2.56. The molecule has 1 fully saturated rings. The van der Waals surface area contributed by atoms with Crippen LogP contribution in [0.15, 0.2) is 23.1 Å². The van der Waals surface area contributed by atoms with Crippen LogP contribution in [0.1, 0.15) is 42.5 Å². The van der Waals surface area contributed by atoms with Crippen LogP contribution in [0, 0.1) is 0 Å². The van der Waals surface area contributed by atoms with Crippen molar-refractivity contribution < 1.29 is 17.9 Å². The Kier molecular flexibility index (Phi) is 4.84. The first-order valence-electron chi connectivity index (χ1n) is 6.93.